The van der Waals surface area contributed by atoms with Gasteiger partial charge in [-0.3, -0.25) is 10.1 Å². The Bertz CT molecular complexity index is 688. The molecule has 0 spiro atoms. The summed E-state index contributed by atoms with van der Waals surface area (Å²) in [5.41, 5.74) is 0.319. The Labute approximate surface area is 124 Å². The van der Waals surface area contributed by atoms with Crippen LogP contribution in [0.25, 0.3) is 0 Å². The summed E-state index contributed by atoms with van der Waals surface area (Å²) >= 11 is 6.08. The van der Waals surface area contributed by atoms with E-state index in [1.165, 1.54) is 13.2 Å². The van der Waals surface area contributed by atoms with E-state index >= 15 is 0 Å². The number of fused-ring (bicyclic) bond motifs is 1. The molecule has 0 fully saturated rings. The summed E-state index contributed by atoms with van der Waals surface area (Å²) in [4.78, 5) is 16.0. The van der Waals surface area contributed by atoms with Gasteiger partial charge in [0.2, 0.25) is 5.95 Å². The van der Waals surface area contributed by atoms with Crippen molar-refractivity contribution in [1.82, 2.24) is 15.2 Å². The maximum absolute atomic E-state index is 12.2. The zero-order valence-corrected chi connectivity index (χ0v) is 11.7. The van der Waals surface area contributed by atoms with Gasteiger partial charge in [0.25, 0.3) is 5.91 Å². The molecule has 1 aliphatic rings. The monoisotopic (exact) mass is 310 g/mol. The van der Waals surface area contributed by atoms with Crippen LogP contribution in [0.5, 0.6) is 17.5 Å². The number of nitrogens with zero attached hydrogens (tertiary/aromatic N) is 2. The topological polar surface area (TPSA) is 98.4 Å². The highest BCUT2D eigenvalue weighted by Crippen LogP contribution is 2.38. The highest BCUT2D eigenvalue weighted by atomic mass is 35.5. The van der Waals surface area contributed by atoms with Gasteiger partial charge in [0.15, 0.2) is 11.5 Å². The zero-order chi connectivity index (χ0) is 14.8. The van der Waals surface area contributed by atoms with Gasteiger partial charge in [-0.2, -0.15) is 4.98 Å². The third-order valence-electron chi connectivity index (χ3n) is 2.74. The lowest BCUT2D eigenvalue weighted by Crippen LogP contribution is -2.18. The average molecular weight is 311 g/mol. The van der Waals surface area contributed by atoms with Crippen LogP contribution in [-0.2, 0) is 0 Å². The molecule has 9 heteroatoms. The fourth-order valence-corrected chi connectivity index (χ4v) is 2.08. The Balaban J connectivity index is 1.82. The number of hydrogen-bond donors (Lipinski definition) is 2. The van der Waals surface area contributed by atoms with Crippen molar-refractivity contribution in [2.75, 3.05) is 25.6 Å². The summed E-state index contributed by atoms with van der Waals surface area (Å²) in [5, 5.41) is 9.11. The lowest BCUT2D eigenvalue weighted by molar-refractivity contribution is 0.102. The molecule has 0 saturated carbocycles. The van der Waals surface area contributed by atoms with Gasteiger partial charge in [0, 0.05) is 5.56 Å². The maximum Gasteiger partial charge on any atom is 0.336 e. The summed E-state index contributed by atoms with van der Waals surface area (Å²) in [7, 11) is 1.43. The molecule has 3 rings (SSSR count). The number of halogens is 1. The van der Waals surface area contributed by atoms with Crippen LogP contribution in [0.3, 0.4) is 0 Å². The number of methoxy groups -OCH3 is 1. The van der Waals surface area contributed by atoms with Gasteiger partial charge in [-0.05, 0) is 12.1 Å². The number of anilines is 1. The summed E-state index contributed by atoms with van der Waals surface area (Å²) < 4.78 is 15.6. The number of rotatable bonds is 3. The van der Waals surface area contributed by atoms with Gasteiger partial charge in [-0.15, -0.1) is 5.10 Å². The fourth-order valence-electron chi connectivity index (χ4n) is 1.82. The molecule has 2 aromatic rings. The van der Waals surface area contributed by atoms with E-state index in [2.05, 4.69) is 20.5 Å². The van der Waals surface area contributed by atoms with Crippen molar-refractivity contribution >= 4 is 23.5 Å². The average Bonchev–Trinajstić information content (AvgIpc) is 2.95. The number of aromatic amines is 1. The van der Waals surface area contributed by atoms with Crippen LogP contribution >= 0.6 is 11.6 Å². The smallest absolute Gasteiger partial charge is 0.336 e. The highest BCUT2D eigenvalue weighted by molar-refractivity contribution is 6.32. The number of hydrogen-bond acceptors (Lipinski definition) is 6. The first-order chi connectivity index (χ1) is 10.2. The number of carbonyl (C=O) groups is 1. The third-order valence-corrected chi connectivity index (χ3v) is 3.02. The van der Waals surface area contributed by atoms with Crippen LogP contribution in [-0.4, -0.2) is 41.4 Å². The molecule has 0 saturated heterocycles. The molecule has 0 unspecified atom stereocenters. The third kappa shape index (κ3) is 2.70. The van der Waals surface area contributed by atoms with E-state index < -0.39 is 5.91 Å². The Morgan fingerprint density at radius 3 is 3.00 bits per heavy atom. The molecular formula is C12H11ClN4O4. The van der Waals surface area contributed by atoms with Crippen LogP contribution < -0.4 is 19.5 Å². The number of amides is 1. The Kier molecular flexibility index (Phi) is 3.53. The zero-order valence-electron chi connectivity index (χ0n) is 11.0. The first kappa shape index (κ1) is 13.5. The summed E-state index contributed by atoms with van der Waals surface area (Å²) in [6, 6.07) is 3.19. The van der Waals surface area contributed by atoms with Crippen molar-refractivity contribution in [1.29, 1.82) is 0 Å². The number of H-pyrrole nitrogens is 1. The molecule has 0 aliphatic carbocycles. The second-order valence-electron chi connectivity index (χ2n) is 4.11. The minimum Gasteiger partial charge on any atom is -0.486 e. The first-order valence-electron chi connectivity index (χ1n) is 6.04. The molecule has 0 bridgehead atoms. The Morgan fingerprint density at radius 1 is 1.43 bits per heavy atom. The van der Waals surface area contributed by atoms with Crippen molar-refractivity contribution in [2.24, 2.45) is 0 Å². The van der Waals surface area contributed by atoms with E-state index in [4.69, 9.17) is 25.8 Å². The first-order valence-corrected chi connectivity index (χ1v) is 6.42. The van der Waals surface area contributed by atoms with Gasteiger partial charge < -0.3 is 14.2 Å². The highest BCUT2D eigenvalue weighted by Gasteiger charge is 2.20. The molecule has 1 aliphatic heterocycles. The Morgan fingerprint density at radius 2 is 2.24 bits per heavy atom. The molecule has 1 aromatic carbocycles. The largest absolute Gasteiger partial charge is 0.486 e. The van der Waals surface area contributed by atoms with E-state index in [0.29, 0.717) is 35.3 Å². The van der Waals surface area contributed by atoms with E-state index in [1.807, 2.05) is 0 Å². The second-order valence-corrected chi connectivity index (χ2v) is 4.51. The molecule has 8 nitrogen and oxygen atoms in total. The number of ether oxygens (including phenoxy) is 3. The van der Waals surface area contributed by atoms with E-state index in [1.54, 1.807) is 6.07 Å². The van der Waals surface area contributed by atoms with Crippen molar-refractivity contribution in [3.63, 3.8) is 0 Å². The quantitative estimate of drug-likeness (QED) is 0.891. The van der Waals surface area contributed by atoms with Crippen LogP contribution in [0.1, 0.15) is 10.4 Å². The van der Waals surface area contributed by atoms with Gasteiger partial charge in [-0.25, -0.2) is 5.10 Å². The number of benzene rings is 1. The standard InChI is InChI=1S/C12H11ClN4O4/c1-19-12-15-11(16-17-12)14-10(18)6-4-7(13)9-8(5-6)20-2-3-21-9/h4-5H,2-3H2,1H3,(H2,14,15,16,17,18). The van der Waals surface area contributed by atoms with Gasteiger partial charge >= 0.3 is 6.01 Å². The van der Waals surface area contributed by atoms with Crippen molar-refractivity contribution in [3.8, 4) is 17.5 Å². The van der Waals surface area contributed by atoms with Crippen molar-refractivity contribution in [3.05, 3.63) is 22.7 Å². The van der Waals surface area contributed by atoms with Gasteiger partial charge in [0.05, 0.1) is 12.1 Å². The maximum atomic E-state index is 12.2. The lowest BCUT2D eigenvalue weighted by atomic mass is 10.2. The fraction of sp³-hybridized carbons (Fsp3) is 0.250. The van der Waals surface area contributed by atoms with Crippen LogP contribution in [0.4, 0.5) is 5.95 Å². The summed E-state index contributed by atoms with van der Waals surface area (Å²) in [6.07, 6.45) is 0. The predicted octanol–water partition coefficient (Wildman–Crippen LogP) is 1.49. The van der Waals surface area contributed by atoms with E-state index in [0.717, 1.165) is 0 Å². The van der Waals surface area contributed by atoms with Crippen LogP contribution in [0.2, 0.25) is 5.02 Å². The van der Waals surface area contributed by atoms with E-state index in [9.17, 15) is 4.79 Å². The van der Waals surface area contributed by atoms with Gasteiger partial charge in [0.1, 0.15) is 13.2 Å². The SMILES string of the molecule is COc1n[nH]c(NC(=O)c2cc(Cl)c3c(c2)OCCO3)n1. The number of carbonyl (C=O) groups excluding carboxylic acids is 1. The molecule has 110 valence electrons. The molecule has 0 radical (unpaired) electrons. The second kappa shape index (κ2) is 5.49. The molecule has 1 amide bonds. The predicted molar refractivity (Wildman–Crippen MR) is 73.3 cm³/mol. The minimum absolute atomic E-state index is 0.130. The number of nitrogens with one attached hydrogen (secondary N) is 2. The summed E-state index contributed by atoms with van der Waals surface area (Å²) in [6.45, 7) is 0.837. The number of aromatic nitrogens is 3. The molecule has 2 heterocycles. The molecular weight excluding hydrogens is 300 g/mol. The normalized spacial score (nSPS) is 12.9. The van der Waals surface area contributed by atoms with Crippen LogP contribution in [0, 0.1) is 0 Å². The van der Waals surface area contributed by atoms with Crippen molar-refractivity contribution in [2.45, 2.75) is 0 Å². The van der Waals surface area contributed by atoms with Gasteiger partial charge in [-0.1, -0.05) is 11.6 Å². The molecule has 1 aromatic heterocycles. The molecule has 2 N–H and O–H groups in total. The van der Waals surface area contributed by atoms with Crippen molar-refractivity contribution < 1.29 is 19.0 Å². The minimum atomic E-state index is -0.410. The molecule has 21 heavy (non-hydrogen) atoms. The van der Waals surface area contributed by atoms with Crippen LogP contribution in [0.15, 0.2) is 12.1 Å². The Hall–Kier alpha value is -2.48. The lowest BCUT2D eigenvalue weighted by Gasteiger charge is -2.20. The van der Waals surface area contributed by atoms with E-state index in [-0.39, 0.29) is 12.0 Å². The summed E-state index contributed by atoms with van der Waals surface area (Å²) in [5.74, 6) is 0.644. The molecule has 0 atom stereocenters.